The second kappa shape index (κ2) is 12.1. The molecule has 0 saturated carbocycles. The number of aromatic nitrogens is 3. The molecule has 1 atom stereocenters. The fraction of sp³-hybridized carbons (Fsp3) is 0.323. The zero-order valence-electron chi connectivity index (χ0n) is 22.5. The summed E-state index contributed by atoms with van der Waals surface area (Å²) in [5.74, 6) is 0.162. The number of fused-ring (bicyclic) bond motifs is 1. The first-order valence-corrected chi connectivity index (χ1v) is 13.4. The van der Waals surface area contributed by atoms with Gasteiger partial charge in [-0.15, -0.1) is 0 Å². The number of nitrogens with zero attached hydrogens (tertiary/aromatic N) is 5. The molecule has 2 aliphatic rings. The summed E-state index contributed by atoms with van der Waals surface area (Å²) in [5, 5.41) is 2.84. The minimum atomic E-state index is -0.188. The van der Waals surface area contributed by atoms with Crippen LogP contribution >= 0.6 is 0 Å². The summed E-state index contributed by atoms with van der Waals surface area (Å²) in [6.45, 7) is 2.13. The first kappa shape index (κ1) is 26.4. The van der Waals surface area contributed by atoms with Gasteiger partial charge >= 0.3 is 0 Å². The minimum absolute atomic E-state index is 0.0177. The molecule has 1 fully saturated rings. The molecule has 3 heterocycles. The predicted octanol–water partition coefficient (Wildman–Crippen LogP) is 4.26. The van der Waals surface area contributed by atoms with Gasteiger partial charge in [0.1, 0.15) is 6.33 Å². The van der Waals surface area contributed by atoms with Crippen LogP contribution in [0.1, 0.15) is 40.2 Å². The number of piperidine rings is 1. The highest BCUT2D eigenvalue weighted by Gasteiger charge is 2.25. The van der Waals surface area contributed by atoms with Crippen molar-refractivity contribution in [3.8, 4) is 11.3 Å². The average Bonchev–Trinajstić information content (AvgIpc) is 3.41. The zero-order chi connectivity index (χ0) is 27.2. The van der Waals surface area contributed by atoms with Gasteiger partial charge in [0.2, 0.25) is 5.91 Å². The van der Waals surface area contributed by atoms with E-state index in [0.717, 1.165) is 60.4 Å². The molecule has 3 aromatic rings. The van der Waals surface area contributed by atoms with Gasteiger partial charge in [-0.2, -0.15) is 0 Å². The number of anilines is 1. The molecule has 0 radical (unpaired) electrons. The Kier molecular flexibility index (Phi) is 8.22. The number of nitrogens with one attached hydrogen (secondary N) is 1. The highest BCUT2D eigenvalue weighted by Crippen LogP contribution is 2.26. The van der Waals surface area contributed by atoms with Crippen molar-refractivity contribution in [2.45, 2.75) is 25.7 Å². The van der Waals surface area contributed by atoms with Crippen LogP contribution in [0, 0.1) is 5.92 Å². The predicted molar refractivity (Wildman–Crippen MR) is 153 cm³/mol. The third-order valence-electron chi connectivity index (χ3n) is 7.07. The number of benzene rings is 1. The van der Waals surface area contributed by atoms with Gasteiger partial charge in [0.05, 0.1) is 11.4 Å². The Morgan fingerprint density at radius 2 is 1.97 bits per heavy atom. The van der Waals surface area contributed by atoms with E-state index in [4.69, 9.17) is 0 Å². The Labute approximate surface area is 229 Å². The molecule has 5 rings (SSSR count). The Morgan fingerprint density at radius 3 is 2.79 bits per heavy atom. The van der Waals surface area contributed by atoms with Crippen LogP contribution in [0.5, 0.6) is 0 Å². The maximum Gasteiger partial charge on any atom is 0.253 e. The number of hydrogen-bond donors (Lipinski definition) is 1. The smallest absolute Gasteiger partial charge is 0.253 e. The highest BCUT2D eigenvalue weighted by atomic mass is 16.2. The topological polar surface area (TPSA) is 91.3 Å². The van der Waals surface area contributed by atoms with Crippen LogP contribution in [0.2, 0.25) is 0 Å². The number of likely N-dealkylation sites (tertiary alicyclic amines) is 1. The molecule has 1 aliphatic heterocycles. The highest BCUT2D eigenvalue weighted by molar-refractivity contribution is 6.00. The summed E-state index contributed by atoms with van der Waals surface area (Å²) in [5.41, 5.74) is 6.40. The van der Waals surface area contributed by atoms with Crippen LogP contribution in [0.15, 0.2) is 67.2 Å². The number of likely N-dealkylation sites (N-methyl/N-ethyl adjacent to an activating group) is 1. The van der Waals surface area contributed by atoms with Gasteiger partial charge in [0, 0.05) is 60.8 Å². The third kappa shape index (κ3) is 6.83. The fourth-order valence-electron chi connectivity index (χ4n) is 5.07. The van der Waals surface area contributed by atoms with Crippen molar-refractivity contribution < 1.29 is 9.59 Å². The molecule has 39 heavy (non-hydrogen) atoms. The Hall–Kier alpha value is -4.17. The lowest BCUT2D eigenvalue weighted by atomic mass is 9.92. The Balaban J connectivity index is 1.18. The molecule has 200 valence electrons. The van der Waals surface area contributed by atoms with Crippen molar-refractivity contribution in [3.05, 3.63) is 89.7 Å². The van der Waals surface area contributed by atoms with E-state index < -0.39 is 0 Å². The lowest BCUT2D eigenvalue weighted by molar-refractivity contribution is -0.111. The summed E-state index contributed by atoms with van der Waals surface area (Å²) < 4.78 is 0. The van der Waals surface area contributed by atoms with Crippen molar-refractivity contribution >= 4 is 23.6 Å². The molecule has 2 aromatic heterocycles. The monoisotopic (exact) mass is 522 g/mol. The largest absolute Gasteiger partial charge is 0.338 e. The van der Waals surface area contributed by atoms with Gasteiger partial charge in [0.15, 0.2) is 0 Å². The summed E-state index contributed by atoms with van der Waals surface area (Å²) in [6, 6.07) is 11.3. The minimum Gasteiger partial charge on any atom is -0.338 e. The molecular weight excluding hydrogens is 488 g/mol. The number of hydrogen-bond acceptors (Lipinski definition) is 6. The number of pyridine rings is 1. The number of carbonyl (C=O) groups excluding carboxylic acids is 2. The van der Waals surface area contributed by atoms with Crippen molar-refractivity contribution in [2.75, 3.05) is 39.0 Å². The van der Waals surface area contributed by atoms with Crippen LogP contribution in [-0.2, 0) is 17.6 Å². The SMILES string of the molecule is CN(C)C/C=C/C(=O)Nc1ccc(C(=O)N2CCCC(Cc3cc(-c4cnc5c(c4)C=CC5)ncn3)C2)cc1. The van der Waals surface area contributed by atoms with E-state index in [-0.39, 0.29) is 11.8 Å². The van der Waals surface area contributed by atoms with Crippen LogP contribution in [0.4, 0.5) is 5.69 Å². The van der Waals surface area contributed by atoms with Crippen LogP contribution in [0.3, 0.4) is 0 Å². The van der Waals surface area contributed by atoms with Crippen LogP contribution < -0.4 is 5.32 Å². The van der Waals surface area contributed by atoms with Crippen molar-refractivity contribution in [2.24, 2.45) is 5.92 Å². The van der Waals surface area contributed by atoms with Crippen LogP contribution in [0.25, 0.3) is 17.3 Å². The van der Waals surface area contributed by atoms with Gasteiger partial charge in [-0.05, 0) is 81.2 Å². The quantitative estimate of drug-likeness (QED) is 0.445. The maximum absolute atomic E-state index is 13.3. The van der Waals surface area contributed by atoms with E-state index in [1.165, 1.54) is 6.08 Å². The van der Waals surface area contributed by atoms with Crippen LogP contribution in [-0.4, -0.2) is 70.3 Å². The van der Waals surface area contributed by atoms with E-state index in [2.05, 4.69) is 38.5 Å². The molecular formula is C31H34N6O2. The number of allylic oxidation sites excluding steroid dienone is 1. The van der Waals surface area contributed by atoms with Crippen molar-refractivity contribution in [1.29, 1.82) is 0 Å². The first-order chi connectivity index (χ1) is 18.9. The molecule has 0 spiro atoms. The molecule has 1 aliphatic carbocycles. The Bertz CT molecular complexity index is 1400. The summed E-state index contributed by atoms with van der Waals surface area (Å²) in [4.78, 5) is 42.9. The average molecular weight is 523 g/mol. The molecule has 8 heteroatoms. The fourth-order valence-corrected chi connectivity index (χ4v) is 5.07. The molecule has 1 unspecified atom stereocenters. The van der Waals surface area contributed by atoms with E-state index >= 15 is 0 Å². The summed E-state index contributed by atoms with van der Waals surface area (Å²) >= 11 is 0. The second-order valence-corrected chi connectivity index (χ2v) is 10.5. The normalized spacial score (nSPS) is 16.6. The van der Waals surface area contributed by atoms with Crippen molar-refractivity contribution in [3.63, 3.8) is 0 Å². The second-order valence-electron chi connectivity index (χ2n) is 10.5. The molecule has 1 saturated heterocycles. The number of carbonyl (C=O) groups is 2. The molecule has 8 nitrogen and oxygen atoms in total. The standard InChI is InChI=1S/C31H34N6O2/c1-36(2)14-5-9-30(38)35-26-12-10-23(11-13-26)31(39)37-15-4-6-22(20-37)16-27-18-29(34-21-33-27)25-17-24-7-3-8-28(24)32-19-25/h3,5,7,9-13,17-19,21-22H,4,6,8,14-16,20H2,1-2H3,(H,35,38)/b9-5+. The van der Waals surface area contributed by atoms with Gasteiger partial charge < -0.3 is 15.1 Å². The zero-order valence-corrected chi connectivity index (χ0v) is 22.5. The molecule has 2 amide bonds. The molecule has 1 N–H and O–H groups in total. The summed E-state index contributed by atoms with van der Waals surface area (Å²) in [7, 11) is 3.89. The van der Waals surface area contributed by atoms with Gasteiger partial charge in [-0.3, -0.25) is 14.6 Å². The maximum atomic E-state index is 13.3. The first-order valence-electron chi connectivity index (χ1n) is 13.4. The van der Waals surface area contributed by atoms with E-state index in [0.29, 0.717) is 30.3 Å². The lowest BCUT2D eigenvalue weighted by Gasteiger charge is -2.33. The molecule has 0 bridgehead atoms. The van der Waals surface area contributed by atoms with Gasteiger partial charge in [-0.25, -0.2) is 9.97 Å². The Morgan fingerprint density at radius 1 is 1.13 bits per heavy atom. The van der Waals surface area contributed by atoms with E-state index in [9.17, 15) is 9.59 Å². The lowest BCUT2D eigenvalue weighted by Crippen LogP contribution is -2.40. The third-order valence-corrected chi connectivity index (χ3v) is 7.07. The summed E-state index contributed by atoms with van der Waals surface area (Å²) in [6.07, 6.45) is 14.8. The van der Waals surface area contributed by atoms with Gasteiger partial charge in [-0.1, -0.05) is 18.2 Å². The van der Waals surface area contributed by atoms with Gasteiger partial charge in [0.25, 0.3) is 5.91 Å². The van der Waals surface area contributed by atoms with E-state index in [1.54, 1.807) is 30.6 Å². The molecule has 1 aromatic carbocycles. The number of amides is 2. The van der Waals surface area contributed by atoms with Crippen molar-refractivity contribution in [1.82, 2.24) is 24.8 Å². The van der Waals surface area contributed by atoms with E-state index in [1.807, 2.05) is 42.2 Å². The number of rotatable bonds is 8.